The molecule has 9 heteroatoms. The van der Waals surface area contributed by atoms with Crippen LogP contribution >= 0.6 is 0 Å². The number of aliphatic hydroxyl groups is 2. The minimum absolute atomic E-state index is 0.0150. The van der Waals surface area contributed by atoms with Crippen molar-refractivity contribution in [2.24, 2.45) is 17.0 Å². The predicted molar refractivity (Wildman–Crippen MR) is 75.9 cm³/mol. The first kappa shape index (κ1) is 17.0. The van der Waals surface area contributed by atoms with Gasteiger partial charge in [-0.15, -0.1) is 0 Å². The van der Waals surface area contributed by atoms with Crippen LogP contribution in [0.2, 0.25) is 0 Å². The molecule has 122 valence electrons. The molecule has 2 rings (SSSR count). The van der Waals surface area contributed by atoms with Gasteiger partial charge in [-0.2, -0.15) is 8.42 Å². The quantitative estimate of drug-likeness (QED) is 0.582. The lowest BCUT2D eigenvalue weighted by molar-refractivity contribution is -0.00376. The van der Waals surface area contributed by atoms with Crippen LogP contribution in [-0.2, 0) is 14.5 Å². The number of rotatable bonds is 6. The normalized spacial score (nSPS) is 28.7. The molecule has 1 aromatic heterocycles. The van der Waals surface area contributed by atoms with Crippen LogP contribution in [0, 0.1) is 11.8 Å². The molecule has 0 spiro atoms. The van der Waals surface area contributed by atoms with Gasteiger partial charge in [0.2, 0.25) is 0 Å². The third-order valence-electron chi connectivity index (χ3n) is 3.77. The van der Waals surface area contributed by atoms with Crippen molar-refractivity contribution >= 4 is 16.1 Å². The maximum Gasteiger partial charge on any atom is 0.333 e. The fourth-order valence-corrected chi connectivity index (χ4v) is 3.01. The SMILES string of the molecule is NS(=O)(=O)OC[C@H]1C[C@@H](CC(=O)c2ccccn2)[C@H](O)[C@@H]1O. The Bertz CT molecular complexity index is 621. The number of Topliss-reactive ketones (excluding diaryl/α,β-unsaturated/α-hetero) is 1. The third kappa shape index (κ3) is 4.31. The second-order valence-corrected chi connectivity index (χ2v) is 6.58. The topological polar surface area (TPSA) is 140 Å². The van der Waals surface area contributed by atoms with Gasteiger partial charge >= 0.3 is 10.3 Å². The Labute approximate surface area is 128 Å². The first-order chi connectivity index (χ1) is 10.3. The van der Waals surface area contributed by atoms with Gasteiger partial charge in [-0.3, -0.25) is 14.0 Å². The van der Waals surface area contributed by atoms with Crippen LogP contribution in [0.5, 0.6) is 0 Å². The van der Waals surface area contributed by atoms with E-state index >= 15 is 0 Å². The van der Waals surface area contributed by atoms with Gasteiger partial charge in [0.1, 0.15) is 5.69 Å². The maximum atomic E-state index is 12.1. The summed E-state index contributed by atoms with van der Waals surface area (Å²) in [6, 6.07) is 4.94. The molecule has 1 saturated carbocycles. The molecule has 0 amide bonds. The van der Waals surface area contributed by atoms with E-state index in [4.69, 9.17) is 5.14 Å². The number of nitrogens with two attached hydrogens (primary N) is 1. The van der Waals surface area contributed by atoms with E-state index in [9.17, 15) is 23.4 Å². The van der Waals surface area contributed by atoms with E-state index in [0.717, 1.165) is 0 Å². The van der Waals surface area contributed by atoms with Gasteiger partial charge in [0.05, 0.1) is 18.8 Å². The van der Waals surface area contributed by atoms with E-state index < -0.39 is 34.3 Å². The average molecular weight is 330 g/mol. The number of aromatic nitrogens is 1. The van der Waals surface area contributed by atoms with Gasteiger partial charge in [0.15, 0.2) is 5.78 Å². The number of carbonyl (C=O) groups excluding carboxylic acids is 1. The molecular weight excluding hydrogens is 312 g/mol. The number of pyridine rings is 1. The summed E-state index contributed by atoms with van der Waals surface area (Å²) in [7, 11) is -4.11. The number of ketones is 1. The molecular formula is C13H18N2O6S. The molecule has 0 aromatic carbocycles. The van der Waals surface area contributed by atoms with Crippen molar-refractivity contribution in [1.29, 1.82) is 0 Å². The summed E-state index contributed by atoms with van der Waals surface area (Å²) in [6.45, 7) is -0.328. The van der Waals surface area contributed by atoms with Crippen LogP contribution < -0.4 is 5.14 Å². The van der Waals surface area contributed by atoms with Crippen LogP contribution in [0.1, 0.15) is 23.3 Å². The first-order valence-corrected chi connectivity index (χ1v) is 8.22. The second-order valence-electron chi connectivity index (χ2n) is 5.36. The summed E-state index contributed by atoms with van der Waals surface area (Å²) in [5.74, 6) is -1.33. The second kappa shape index (κ2) is 6.80. The molecule has 4 N–H and O–H groups in total. The fraction of sp³-hybridized carbons (Fsp3) is 0.538. The van der Waals surface area contributed by atoms with E-state index in [0.29, 0.717) is 0 Å². The Kier molecular flexibility index (Phi) is 5.24. The molecule has 1 aromatic rings. The van der Waals surface area contributed by atoms with Gasteiger partial charge < -0.3 is 10.2 Å². The lowest BCUT2D eigenvalue weighted by Crippen LogP contribution is -2.31. The molecule has 4 atom stereocenters. The first-order valence-electron chi connectivity index (χ1n) is 6.75. The van der Waals surface area contributed by atoms with Crippen molar-refractivity contribution in [3.05, 3.63) is 30.1 Å². The Balaban J connectivity index is 1.96. The number of hydrogen-bond acceptors (Lipinski definition) is 7. The van der Waals surface area contributed by atoms with E-state index in [1.165, 1.54) is 6.20 Å². The molecule has 1 fully saturated rings. The molecule has 8 nitrogen and oxygen atoms in total. The van der Waals surface area contributed by atoms with Gasteiger partial charge in [-0.25, -0.2) is 5.14 Å². The molecule has 0 saturated heterocycles. The van der Waals surface area contributed by atoms with Crippen molar-refractivity contribution < 1.29 is 27.6 Å². The summed E-state index contributed by atoms with van der Waals surface area (Å²) in [5.41, 5.74) is 0.286. The van der Waals surface area contributed by atoms with Gasteiger partial charge in [-0.1, -0.05) is 6.07 Å². The Morgan fingerprint density at radius 2 is 2.00 bits per heavy atom. The average Bonchev–Trinajstić information content (AvgIpc) is 2.73. The fourth-order valence-electron chi connectivity index (χ4n) is 2.65. The van der Waals surface area contributed by atoms with E-state index in [-0.39, 0.29) is 30.9 Å². The van der Waals surface area contributed by atoms with E-state index in [1.54, 1.807) is 18.2 Å². The van der Waals surface area contributed by atoms with Crippen LogP contribution in [-0.4, -0.2) is 48.2 Å². The maximum absolute atomic E-state index is 12.1. The van der Waals surface area contributed by atoms with Crippen molar-refractivity contribution in [2.45, 2.75) is 25.0 Å². The zero-order chi connectivity index (χ0) is 16.3. The summed E-state index contributed by atoms with van der Waals surface area (Å²) < 4.78 is 26.0. The number of hydrogen-bond donors (Lipinski definition) is 3. The molecule has 1 aliphatic rings. The molecule has 0 aliphatic heterocycles. The number of aliphatic hydroxyl groups excluding tert-OH is 2. The van der Waals surface area contributed by atoms with Gasteiger partial charge in [0.25, 0.3) is 0 Å². The lowest BCUT2D eigenvalue weighted by Gasteiger charge is -2.16. The number of carbonyl (C=O) groups is 1. The highest BCUT2D eigenvalue weighted by atomic mass is 32.2. The molecule has 0 unspecified atom stereocenters. The zero-order valence-corrected chi connectivity index (χ0v) is 12.5. The molecule has 0 radical (unpaired) electrons. The molecule has 0 bridgehead atoms. The third-order valence-corrected chi connectivity index (χ3v) is 4.23. The Morgan fingerprint density at radius 3 is 2.59 bits per heavy atom. The van der Waals surface area contributed by atoms with E-state index in [1.807, 2.05) is 0 Å². The summed E-state index contributed by atoms with van der Waals surface area (Å²) >= 11 is 0. The molecule has 22 heavy (non-hydrogen) atoms. The number of nitrogens with zero attached hydrogens (tertiary/aromatic N) is 1. The highest BCUT2D eigenvalue weighted by molar-refractivity contribution is 7.84. The van der Waals surface area contributed by atoms with Crippen LogP contribution in [0.25, 0.3) is 0 Å². The molecule has 1 heterocycles. The van der Waals surface area contributed by atoms with Crippen molar-refractivity contribution in [1.82, 2.24) is 4.98 Å². The Morgan fingerprint density at radius 1 is 1.32 bits per heavy atom. The zero-order valence-electron chi connectivity index (χ0n) is 11.7. The summed E-state index contributed by atoms with van der Waals surface area (Å²) in [4.78, 5) is 16.0. The van der Waals surface area contributed by atoms with E-state index in [2.05, 4.69) is 9.17 Å². The van der Waals surface area contributed by atoms with Gasteiger partial charge in [0, 0.05) is 18.5 Å². The van der Waals surface area contributed by atoms with Crippen molar-refractivity contribution in [2.75, 3.05) is 6.61 Å². The minimum Gasteiger partial charge on any atom is -0.390 e. The van der Waals surface area contributed by atoms with Crippen LogP contribution in [0.3, 0.4) is 0 Å². The summed E-state index contributed by atoms with van der Waals surface area (Å²) in [5, 5.41) is 24.6. The lowest BCUT2D eigenvalue weighted by atomic mass is 9.96. The standard InChI is InChI=1S/C13H18N2O6S/c14-22(19,20)21-7-9-5-8(12(17)13(9)18)6-11(16)10-3-1-2-4-15-10/h1-4,8-9,12-13,17-18H,5-7H2,(H2,14,19,20)/t8-,9+,12-,13+/m0/s1. The highest BCUT2D eigenvalue weighted by Crippen LogP contribution is 2.35. The smallest absolute Gasteiger partial charge is 0.333 e. The minimum atomic E-state index is -4.11. The summed E-state index contributed by atoms with van der Waals surface area (Å²) in [6.07, 6.45) is -0.516. The van der Waals surface area contributed by atoms with Crippen molar-refractivity contribution in [3.63, 3.8) is 0 Å². The van der Waals surface area contributed by atoms with Crippen molar-refractivity contribution in [3.8, 4) is 0 Å². The van der Waals surface area contributed by atoms with Crippen LogP contribution in [0.15, 0.2) is 24.4 Å². The molecule has 1 aliphatic carbocycles. The Hall–Kier alpha value is -1.39. The highest BCUT2D eigenvalue weighted by Gasteiger charge is 2.42. The van der Waals surface area contributed by atoms with Gasteiger partial charge in [-0.05, 0) is 24.5 Å². The van der Waals surface area contributed by atoms with Crippen LogP contribution in [0.4, 0.5) is 0 Å². The monoisotopic (exact) mass is 330 g/mol. The largest absolute Gasteiger partial charge is 0.390 e. The predicted octanol–water partition coefficient (Wildman–Crippen LogP) is -0.768.